The molecule has 408 valence electrons. The molecule has 0 aliphatic carbocycles. The molecule has 0 aromatic carbocycles. The zero-order valence-electron chi connectivity index (χ0n) is 46.4. The highest BCUT2D eigenvalue weighted by atomic mass is 31.2. The Balaban J connectivity index is 4.39. The van der Waals surface area contributed by atoms with E-state index < -0.39 is 20.0 Å². The number of aliphatic hydroxyl groups excluding tert-OH is 1. The largest absolute Gasteiger partial charge is 0.472 e. The Bertz CT molecular complexity index is 1670. The van der Waals surface area contributed by atoms with Gasteiger partial charge in [-0.25, -0.2) is 4.57 Å². The number of hydrogen-bond donors (Lipinski definition) is 3. The molecule has 0 aliphatic rings. The summed E-state index contributed by atoms with van der Waals surface area (Å²) in [5, 5.41) is 13.9. The molecule has 0 radical (unpaired) electrons. The van der Waals surface area contributed by atoms with Gasteiger partial charge < -0.3 is 19.8 Å². The summed E-state index contributed by atoms with van der Waals surface area (Å²) in [6, 6.07) is -0.898. The average molecular weight is 1020 g/mol. The van der Waals surface area contributed by atoms with E-state index in [-0.39, 0.29) is 25.5 Å². The van der Waals surface area contributed by atoms with Crippen LogP contribution in [0, 0.1) is 0 Å². The zero-order valence-corrected chi connectivity index (χ0v) is 47.2. The fourth-order valence-electron chi connectivity index (χ4n) is 7.14. The number of carbonyl (C=O) groups is 1. The van der Waals surface area contributed by atoms with Crippen LogP contribution in [0.15, 0.2) is 146 Å². The number of nitrogens with zero attached hydrogens (tertiary/aromatic N) is 1. The van der Waals surface area contributed by atoms with Crippen molar-refractivity contribution in [3.8, 4) is 0 Å². The first-order chi connectivity index (χ1) is 35.0. The van der Waals surface area contributed by atoms with Gasteiger partial charge in [0.2, 0.25) is 5.91 Å². The van der Waals surface area contributed by atoms with E-state index in [2.05, 4.69) is 153 Å². The normalized spacial score (nSPS) is 15.0. The number of quaternary nitrogens is 1. The fraction of sp³-hybridized carbons (Fsp3) is 0.603. The highest BCUT2D eigenvalue weighted by Crippen LogP contribution is 2.43. The van der Waals surface area contributed by atoms with E-state index in [0.717, 1.165) is 96.3 Å². The number of phosphoric ester groups is 1. The fourth-order valence-corrected chi connectivity index (χ4v) is 7.88. The first kappa shape index (κ1) is 68.4. The van der Waals surface area contributed by atoms with Crippen LogP contribution in [0.5, 0.6) is 0 Å². The molecule has 0 aromatic rings. The smallest absolute Gasteiger partial charge is 0.387 e. The molecule has 0 aromatic heterocycles. The predicted molar refractivity (Wildman–Crippen MR) is 313 cm³/mol. The maximum Gasteiger partial charge on any atom is 0.472 e. The molecule has 0 saturated carbocycles. The molecule has 0 aliphatic heterocycles. The Hall–Kier alpha value is -3.62. The second-order valence-corrected chi connectivity index (χ2v) is 21.0. The van der Waals surface area contributed by atoms with E-state index in [1.165, 1.54) is 70.6 Å². The third-order valence-corrected chi connectivity index (χ3v) is 12.5. The van der Waals surface area contributed by atoms with Gasteiger partial charge in [-0.15, -0.1) is 0 Å². The van der Waals surface area contributed by atoms with Crippen molar-refractivity contribution in [1.29, 1.82) is 0 Å². The number of nitrogens with one attached hydrogen (secondary N) is 1. The van der Waals surface area contributed by atoms with E-state index in [0.29, 0.717) is 17.4 Å². The Morgan fingerprint density at radius 1 is 0.486 bits per heavy atom. The number of phosphoric acid groups is 1. The summed E-state index contributed by atoms with van der Waals surface area (Å²) < 4.78 is 23.6. The number of allylic oxidation sites excluding steroid dienone is 23. The van der Waals surface area contributed by atoms with Crippen molar-refractivity contribution in [1.82, 2.24) is 5.32 Å². The topological polar surface area (TPSA) is 105 Å². The Kier molecular flexibility index (Phi) is 49.6. The number of amides is 1. The minimum atomic E-state index is -4.38. The van der Waals surface area contributed by atoms with Gasteiger partial charge in [0.1, 0.15) is 13.2 Å². The van der Waals surface area contributed by atoms with Crippen LogP contribution in [0.4, 0.5) is 0 Å². The molecule has 8 nitrogen and oxygen atoms in total. The van der Waals surface area contributed by atoms with Gasteiger partial charge in [0.15, 0.2) is 0 Å². The number of aliphatic hydroxyl groups is 1. The SMILES string of the molecule is CC/C=C\C/C=C\C/C=C\C/C=C\C/C=C\C/C=C\C/C=C\C/C=C\C/C=C\C/C=C\CCCCC(=O)NC(COP(=O)(O)OCC[N+](C)(C)C)C(O)/C=C/CC/C=C/CCCCCCCCCCCCC. The molecular weight excluding hydrogens is 912 g/mol. The van der Waals surface area contributed by atoms with Crippen LogP contribution in [0.25, 0.3) is 0 Å². The van der Waals surface area contributed by atoms with Crippen molar-refractivity contribution in [2.24, 2.45) is 0 Å². The second-order valence-electron chi connectivity index (χ2n) is 19.6. The van der Waals surface area contributed by atoms with E-state index >= 15 is 0 Å². The highest BCUT2D eigenvalue weighted by molar-refractivity contribution is 7.47. The lowest BCUT2D eigenvalue weighted by Gasteiger charge is -2.25. The van der Waals surface area contributed by atoms with Crippen LogP contribution < -0.4 is 5.32 Å². The molecule has 0 bridgehead atoms. The summed E-state index contributed by atoms with van der Waals surface area (Å²) in [7, 11) is 1.50. The summed E-state index contributed by atoms with van der Waals surface area (Å²) >= 11 is 0. The van der Waals surface area contributed by atoms with Gasteiger partial charge in [0.05, 0.1) is 39.9 Å². The van der Waals surface area contributed by atoms with Crippen molar-refractivity contribution in [3.05, 3.63) is 146 Å². The Labute approximate surface area is 442 Å². The van der Waals surface area contributed by atoms with Crippen molar-refractivity contribution in [2.45, 2.75) is 206 Å². The summed E-state index contributed by atoms with van der Waals surface area (Å²) in [6.07, 6.45) is 80.9. The summed E-state index contributed by atoms with van der Waals surface area (Å²) in [5.41, 5.74) is 0. The summed E-state index contributed by atoms with van der Waals surface area (Å²) in [5.74, 6) is -0.236. The monoisotopic (exact) mass is 1020 g/mol. The van der Waals surface area contributed by atoms with E-state index in [1.807, 2.05) is 27.2 Å². The van der Waals surface area contributed by atoms with Crippen LogP contribution in [-0.2, 0) is 18.4 Å². The molecule has 0 rings (SSSR count). The third-order valence-electron chi connectivity index (χ3n) is 11.5. The molecule has 0 heterocycles. The van der Waals surface area contributed by atoms with E-state index in [1.54, 1.807) is 6.08 Å². The first-order valence-electron chi connectivity index (χ1n) is 28.2. The second kappa shape index (κ2) is 52.3. The van der Waals surface area contributed by atoms with Crippen LogP contribution in [0.2, 0.25) is 0 Å². The van der Waals surface area contributed by atoms with Crippen LogP contribution in [-0.4, -0.2) is 73.4 Å². The van der Waals surface area contributed by atoms with E-state index in [9.17, 15) is 19.4 Å². The molecule has 3 unspecified atom stereocenters. The molecule has 1 amide bonds. The molecule has 3 N–H and O–H groups in total. The van der Waals surface area contributed by atoms with Crippen LogP contribution in [0.1, 0.15) is 194 Å². The zero-order chi connectivity index (χ0) is 52.7. The molecule has 3 atom stereocenters. The van der Waals surface area contributed by atoms with Gasteiger partial charge in [-0.2, -0.15) is 0 Å². The van der Waals surface area contributed by atoms with Crippen molar-refractivity contribution >= 4 is 13.7 Å². The van der Waals surface area contributed by atoms with Gasteiger partial charge in [-0.1, -0.05) is 224 Å². The minimum Gasteiger partial charge on any atom is -0.387 e. The standard InChI is InChI=1S/C63H105N2O6P/c1-6-8-10-12-14-16-18-20-22-24-25-26-27-28-29-30-31-32-33-34-35-36-37-38-39-41-43-45-47-49-51-53-55-57-63(67)64-61(60-71-72(68,69)70-59-58-65(3,4)5)62(66)56-54-52-50-48-46-44-42-40-23-21-19-17-15-13-11-9-7-2/h8,10,14,16,20,22,25-26,28-29,31-32,34-35,37-38,41,43,46-49,54,56,61-62,66H,6-7,9,11-13,15,17-19,21,23-24,27,30,33,36,39-40,42,44-45,50-53,55,57-60H2,1-5H3,(H-,64,67,68,69)/p+1/b10-8-,16-14-,22-20-,26-25-,29-28-,32-31-,35-34-,38-37-,43-41-,48-46+,49-47-,56-54+. The first-order valence-corrected chi connectivity index (χ1v) is 29.7. The minimum absolute atomic E-state index is 0.0390. The molecule has 0 spiro atoms. The number of hydrogen-bond acceptors (Lipinski definition) is 5. The molecule has 9 heteroatoms. The number of likely N-dealkylation sites (N-methyl/N-ethyl adjacent to an activating group) is 1. The van der Waals surface area contributed by atoms with Gasteiger partial charge in [0, 0.05) is 6.42 Å². The van der Waals surface area contributed by atoms with Crippen LogP contribution in [0.3, 0.4) is 0 Å². The maximum absolute atomic E-state index is 12.9. The molecular formula is C63H106N2O6P+. The van der Waals surface area contributed by atoms with E-state index in [4.69, 9.17) is 9.05 Å². The maximum atomic E-state index is 12.9. The van der Waals surface area contributed by atoms with Gasteiger partial charge in [-0.3, -0.25) is 13.8 Å². The molecule has 0 saturated heterocycles. The van der Waals surface area contributed by atoms with Crippen molar-refractivity contribution in [2.75, 3.05) is 40.9 Å². The van der Waals surface area contributed by atoms with Crippen molar-refractivity contribution < 1.29 is 32.9 Å². The summed E-state index contributed by atoms with van der Waals surface area (Å²) in [4.78, 5) is 23.2. The number of unbranched alkanes of at least 4 members (excludes halogenated alkanes) is 14. The lowest BCUT2D eigenvalue weighted by atomic mass is 10.1. The predicted octanol–water partition coefficient (Wildman–Crippen LogP) is 17.3. The number of rotatable bonds is 49. The lowest BCUT2D eigenvalue weighted by Crippen LogP contribution is -2.45. The third kappa shape index (κ3) is 54.2. The van der Waals surface area contributed by atoms with Gasteiger partial charge >= 0.3 is 7.82 Å². The lowest BCUT2D eigenvalue weighted by molar-refractivity contribution is -0.870. The van der Waals surface area contributed by atoms with Crippen LogP contribution >= 0.6 is 7.82 Å². The molecule has 72 heavy (non-hydrogen) atoms. The van der Waals surface area contributed by atoms with Crippen molar-refractivity contribution in [3.63, 3.8) is 0 Å². The summed E-state index contributed by atoms with van der Waals surface area (Å²) in [6.45, 7) is 4.62. The average Bonchev–Trinajstić information content (AvgIpc) is 3.34. The quantitative estimate of drug-likeness (QED) is 0.0243. The Morgan fingerprint density at radius 2 is 0.847 bits per heavy atom. The molecule has 0 fully saturated rings. The number of carbonyl (C=O) groups excluding carboxylic acids is 1. The van der Waals surface area contributed by atoms with Gasteiger partial charge in [0.25, 0.3) is 0 Å². The van der Waals surface area contributed by atoms with Gasteiger partial charge in [-0.05, 0) is 109 Å². The Morgan fingerprint density at radius 3 is 1.28 bits per heavy atom. The highest BCUT2D eigenvalue weighted by Gasteiger charge is 2.27.